The molecule has 0 aliphatic carbocycles. The van der Waals surface area contributed by atoms with Gasteiger partial charge in [-0.3, -0.25) is 0 Å². The summed E-state index contributed by atoms with van der Waals surface area (Å²) in [5, 5.41) is 3.41. The first-order valence-electron chi connectivity index (χ1n) is 5.73. The van der Waals surface area contributed by atoms with Gasteiger partial charge in [-0.15, -0.1) is 0 Å². The van der Waals surface area contributed by atoms with Crippen molar-refractivity contribution in [1.82, 2.24) is 0 Å². The number of aryl methyl sites for hydroxylation is 1. The highest BCUT2D eigenvalue weighted by atomic mass is 15.1. The molecule has 1 aromatic rings. The fourth-order valence-corrected chi connectivity index (χ4v) is 2.58. The molecule has 0 amide bonds. The molecule has 2 heteroatoms. The predicted octanol–water partition coefficient (Wildman–Crippen LogP) is 2.94. The van der Waals surface area contributed by atoms with Crippen LogP contribution in [0.1, 0.15) is 16.7 Å². The molecule has 2 aliphatic heterocycles. The second-order valence-electron chi connectivity index (χ2n) is 4.52. The van der Waals surface area contributed by atoms with E-state index < -0.39 is 0 Å². The van der Waals surface area contributed by atoms with Crippen LogP contribution in [0.3, 0.4) is 0 Å². The molecular weight excluding hydrogens is 196 g/mol. The lowest BCUT2D eigenvalue weighted by molar-refractivity contribution is 1.01. The highest BCUT2D eigenvalue weighted by Gasteiger charge is 2.19. The van der Waals surface area contributed by atoms with Crippen molar-refractivity contribution in [2.75, 3.05) is 23.8 Å². The van der Waals surface area contributed by atoms with Crippen molar-refractivity contribution < 1.29 is 0 Å². The van der Waals surface area contributed by atoms with Crippen molar-refractivity contribution in [3.05, 3.63) is 41.1 Å². The van der Waals surface area contributed by atoms with Crippen molar-refractivity contribution in [2.24, 2.45) is 0 Å². The molecule has 0 spiro atoms. The summed E-state index contributed by atoms with van der Waals surface area (Å²) in [6.45, 7) is 3.19. The fourth-order valence-electron chi connectivity index (χ4n) is 2.58. The Kier molecular flexibility index (Phi) is 2.03. The van der Waals surface area contributed by atoms with E-state index in [9.17, 15) is 0 Å². The zero-order valence-corrected chi connectivity index (χ0v) is 9.75. The number of fused-ring (bicyclic) bond motifs is 3. The summed E-state index contributed by atoms with van der Waals surface area (Å²) in [5.41, 5.74) is 6.78. The summed E-state index contributed by atoms with van der Waals surface area (Å²) in [6.07, 6.45) is 9.71. The number of rotatable bonds is 0. The minimum atomic E-state index is 0.994. The van der Waals surface area contributed by atoms with Gasteiger partial charge in [0.05, 0.1) is 11.4 Å². The molecule has 0 atom stereocenters. The van der Waals surface area contributed by atoms with Crippen molar-refractivity contribution >= 4 is 17.5 Å². The topological polar surface area (TPSA) is 15.3 Å². The Morgan fingerprint density at radius 3 is 3.06 bits per heavy atom. The third kappa shape index (κ3) is 1.26. The van der Waals surface area contributed by atoms with E-state index >= 15 is 0 Å². The molecule has 0 aromatic heterocycles. The Labute approximate surface area is 96.3 Å². The first-order chi connectivity index (χ1) is 7.77. The van der Waals surface area contributed by atoms with Crippen LogP contribution in [0.5, 0.6) is 0 Å². The minimum absolute atomic E-state index is 0.994. The average molecular weight is 212 g/mol. The second kappa shape index (κ2) is 3.41. The summed E-state index contributed by atoms with van der Waals surface area (Å²) in [7, 11) is 2.15. The van der Waals surface area contributed by atoms with Crippen LogP contribution < -0.4 is 10.2 Å². The minimum Gasteiger partial charge on any atom is -0.369 e. The van der Waals surface area contributed by atoms with Gasteiger partial charge in [0.1, 0.15) is 0 Å². The molecule has 0 saturated carbocycles. The maximum absolute atomic E-state index is 3.41. The summed E-state index contributed by atoms with van der Waals surface area (Å²) in [6, 6.07) is 2.29. The van der Waals surface area contributed by atoms with Crippen molar-refractivity contribution in [1.29, 1.82) is 0 Å². The van der Waals surface area contributed by atoms with E-state index in [4.69, 9.17) is 0 Å². The fraction of sp³-hybridized carbons (Fsp3) is 0.286. The van der Waals surface area contributed by atoms with E-state index in [1.165, 1.54) is 28.1 Å². The summed E-state index contributed by atoms with van der Waals surface area (Å²) in [4.78, 5) is 2.31. The van der Waals surface area contributed by atoms with Gasteiger partial charge in [0, 0.05) is 13.6 Å². The molecule has 2 aliphatic rings. The highest BCUT2D eigenvalue weighted by Crippen LogP contribution is 2.39. The molecule has 0 radical (unpaired) electrons. The summed E-state index contributed by atoms with van der Waals surface area (Å²) >= 11 is 0. The summed E-state index contributed by atoms with van der Waals surface area (Å²) < 4.78 is 0. The number of nitrogens with one attached hydrogen (secondary N) is 1. The average Bonchev–Trinajstić information content (AvgIpc) is 2.29. The monoisotopic (exact) mass is 212 g/mol. The number of anilines is 2. The maximum Gasteiger partial charge on any atom is 0.0682 e. The van der Waals surface area contributed by atoms with Crippen LogP contribution in [0.4, 0.5) is 11.4 Å². The molecule has 1 N–H and O–H groups in total. The van der Waals surface area contributed by atoms with Gasteiger partial charge in [-0.25, -0.2) is 0 Å². The molecule has 1 aromatic carbocycles. The molecule has 3 rings (SSSR count). The van der Waals surface area contributed by atoms with Crippen molar-refractivity contribution in [3.63, 3.8) is 0 Å². The Morgan fingerprint density at radius 2 is 2.19 bits per heavy atom. The lowest BCUT2D eigenvalue weighted by Gasteiger charge is -2.30. The molecule has 0 bridgehead atoms. The van der Waals surface area contributed by atoms with Crippen molar-refractivity contribution in [2.45, 2.75) is 13.3 Å². The molecule has 0 unspecified atom stereocenters. The van der Waals surface area contributed by atoms with Crippen LogP contribution in [-0.2, 0) is 6.42 Å². The lowest BCUT2D eigenvalue weighted by Crippen LogP contribution is -2.23. The maximum atomic E-state index is 3.41. The van der Waals surface area contributed by atoms with E-state index in [0.717, 1.165) is 13.0 Å². The lowest BCUT2D eigenvalue weighted by atomic mass is 9.94. The van der Waals surface area contributed by atoms with Crippen LogP contribution in [-0.4, -0.2) is 13.6 Å². The Balaban J connectivity index is 2.28. The predicted molar refractivity (Wildman–Crippen MR) is 69.9 cm³/mol. The number of benzene rings is 1. The zero-order chi connectivity index (χ0) is 11.1. The molecular formula is C14H16N2. The van der Waals surface area contributed by atoms with Gasteiger partial charge in [-0.2, -0.15) is 0 Å². The van der Waals surface area contributed by atoms with Gasteiger partial charge < -0.3 is 10.2 Å². The standard InChI is InChI=1S/C14H16N2/c1-10-9-11-5-4-8-16(2)14(11)13-12(10)6-3-7-15-13/h3-5,7,9,15H,6,8H2,1-2H3. The molecule has 2 heterocycles. The number of hydrogen-bond acceptors (Lipinski definition) is 2. The Morgan fingerprint density at radius 1 is 1.31 bits per heavy atom. The third-order valence-electron chi connectivity index (χ3n) is 3.39. The van der Waals surface area contributed by atoms with Crippen molar-refractivity contribution in [3.8, 4) is 0 Å². The molecule has 0 fully saturated rings. The number of nitrogens with zero attached hydrogens (tertiary/aromatic N) is 1. The Hall–Kier alpha value is -1.70. The molecule has 82 valence electrons. The van der Waals surface area contributed by atoms with Crippen LogP contribution >= 0.6 is 0 Å². The van der Waals surface area contributed by atoms with Gasteiger partial charge in [-0.05, 0) is 42.3 Å². The SMILES string of the molecule is Cc1cc2c(c3c1CC=CN3)N(C)CC=C2. The quantitative estimate of drug-likeness (QED) is 0.711. The van der Waals surface area contributed by atoms with E-state index in [2.05, 4.69) is 48.5 Å². The Bertz CT molecular complexity index is 498. The van der Waals surface area contributed by atoms with Gasteiger partial charge in [0.15, 0.2) is 0 Å². The van der Waals surface area contributed by atoms with Gasteiger partial charge >= 0.3 is 0 Å². The normalized spacial score (nSPS) is 16.8. The summed E-state index contributed by atoms with van der Waals surface area (Å²) in [5.74, 6) is 0. The van der Waals surface area contributed by atoms with E-state index in [1.807, 2.05) is 6.20 Å². The number of likely N-dealkylation sites (N-methyl/N-ethyl adjacent to an activating group) is 1. The van der Waals surface area contributed by atoms with E-state index in [-0.39, 0.29) is 0 Å². The number of hydrogen-bond donors (Lipinski definition) is 1. The van der Waals surface area contributed by atoms with E-state index in [0.29, 0.717) is 0 Å². The first kappa shape index (κ1) is 9.52. The zero-order valence-electron chi connectivity index (χ0n) is 9.75. The number of allylic oxidation sites excluding steroid dienone is 1. The van der Waals surface area contributed by atoms with Gasteiger partial charge in [0.25, 0.3) is 0 Å². The largest absolute Gasteiger partial charge is 0.369 e. The van der Waals surface area contributed by atoms with Gasteiger partial charge in [-0.1, -0.05) is 18.2 Å². The van der Waals surface area contributed by atoms with Crippen LogP contribution in [0, 0.1) is 6.92 Å². The van der Waals surface area contributed by atoms with E-state index in [1.54, 1.807) is 0 Å². The van der Waals surface area contributed by atoms with Crippen LogP contribution in [0.2, 0.25) is 0 Å². The molecule has 2 nitrogen and oxygen atoms in total. The van der Waals surface area contributed by atoms with Gasteiger partial charge in [0.2, 0.25) is 0 Å². The third-order valence-corrected chi connectivity index (χ3v) is 3.39. The van der Waals surface area contributed by atoms with Crippen LogP contribution in [0.15, 0.2) is 24.4 Å². The first-order valence-corrected chi connectivity index (χ1v) is 5.73. The smallest absolute Gasteiger partial charge is 0.0682 e. The highest BCUT2D eigenvalue weighted by molar-refractivity contribution is 5.87. The molecule has 16 heavy (non-hydrogen) atoms. The van der Waals surface area contributed by atoms with Crippen LogP contribution in [0.25, 0.3) is 6.08 Å². The molecule has 0 saturated heterocycles. The second-order valence-corrected chi connectivity index (χ2v) is 4.52.